The Kier molecular flexibility index (Phi) is 4.13. The van der Waals surface area contributed by atoms with E-state index in [4.69, 9.17) is 9.84 Å². The predicted molar refractivity (Wildman–Crippen MR) is 77.2 cm³/mol. The van der Waals surface area contributed by atoms with Gasteiger partial charge in [-0.1, -0.05) is 18.2 Å². The van der Waals surface area contributed by atoms with Crippen molar-refractivity contribution in [2.24, 2.45) is 0 Å². The van der Waals surface area contributed by atoms with Crippen molar-refractivity contribution in [3.63, 3.8) is 0 Å². The number of hydrogen-bond donors (Lipinski definition) is 2. The molecule has 0 aliphatic heterocycles. The Morgan fingerprint density at radius 1 is 1.14 bits per heavy atom. The summed E-state index contributed by atoms with van der Waals surface area (Å²) >= 11 is 0. The third-order valence-corrected chi connectivity index (χ3v) is 4.15. The molecule has 6 nitrogen and oxygen atoms in total. The third-order valence-electron chi connectivity index (χ3n) is 2.73. The maximum absolute atomic E-state index is 12.3. The molecular weight excluding hydrogens is 294 g/mol. The van der Waals surface area contributed by atoms with E-state index in [-0.39, 0.29) is 16.2 Å². The number of benzene rings is 2. The summed E-state index contributed by atoms with van der Waals surface area (Å²) in [6, 6.07) is 12.0. The number of sulfonamides is 1. The van der Waals surface area contributed by atoms with E-state index in [0.717, 1.165) is 0 Å². The van der Waals surface area contributed by atoms with Gasteiger partial charge in [0.15, 0.2) is 0 Å². The van der Waals surface area contributed by atoms with Crippen LogP contribution in [-0.4, -0.2) is 26.6 Å². The second-order valence-corrected chi connectivity index (χ2v) is 5.79. The van der Waals surface area contributed by atoms with Crippen molar-refractivity contribution in [3.05, 3.63) is 54.1 Å². The van der Waals surface area contributed by atoms with Gasteiger partial charge in [-0.05, 0) is 30.3 Å². The first kappa shape index (κ1) is 14.9. The summed E-state index contributed by atoms with van der Waals surface area (Å²) in [5.74, 6) is -1.19. The molecule has 0 amide bonds. The van der Waals surface area contributed by atoms with E-state index in [2.05, 4.69) is 4.72 Å². The predicted octanol–water partition coefficient (Wildman–Crippen LogP) is 2.19. The molecule has 21 heavy (non-hydrogen) atoms. The topological polar surface area (TPSA) is 92.7 Å². The maximum Gasteiger partial charge on any atom is 0.335 e. The van der Waals surface area contributed by atoms with Gasteiger partial charge in [0.1, 0.15) is 10.6 Å². The van der Waals surface area contributed by atoms with E-state index in [1.807, 2.05) is 0 Å². The van der Waals surface area contributed by atoms with Gasteiger partial charge in [0.2, 0.25) is 0 Å². The molecule has 0 radical (unpaired) electrons. The molecule has 0 aromatic heterocycles. The van der Waals surface area contributed by atoms with Crippen LogP contribution in [0.5, 0.6) is 5.75 Å². The van der Waals surface area contributed by atoms with Gasteiger partial charge in [-0.15, -0.1) is 0 Å². The first-order valence-corrected chi connectivity index (χ1v) is 7.41. The van der Waals surface area contributed by atoms with E-state index in [1.54, 1.807) is 30.3 Å². The smallest absolute Gasteiger partial charge is 0.335 e. The number of carbonyl (C=O) groups is 1. The number of ether oxygens (including phenoxy) is 1. The van der Waals surface area contributed by atoms with Crippen LogP contribution in [0.15, 0.2) is 53.4 Å². The van der Waals surface area contributed by atoms with Crippen molar-refractivity contribution in [2.75, 3.05) is 11.8 Å². The summed E-state index contributed by atoms with van der Waals surface area (Å²) in [5.41, 5.74) is 0.354. The van der Waals surface area contributed by atoms with Crippen molar-refractivity contribution < 1.29 is 23.1 Å². The van der Waals surface area contributed by atoms with Gasteiger partial charge in [0.05, 0.1) is 12.7 Å². The number of rotatable bonds is 5. The van der Waals surface area contributed by atoms with E-state index < -0.39 is 16.0 Å². The highest BCUT2D eigenvalue weighted by molar-refractivity contribution is 7.92. The second-order valence-electron chi connectivity index (χ2n) is 4.14. The maximum atomic E-state index is 12.3. The Labute approximate surface area is 122 Å². The molecule has 0 unspecified atom stereocenters. The Bertz CT molecular complexity index is 756. The zero-order chi connectivity index (χ0) is 15.5. The molecule has 2 aromatic carbocycles. The van der Waals surface area contributed by atoms with Crippen LogP contribution in [0.2, 0.25) is 0 Å². The molecule has 2 aromatic rings. The Morgan fingerprint density at radius 3 is 2.38 bits per heavy atom. The summed E-state index contributed by atoms with van der Waals surface area (Å²) in [7, 11) is -2.59. The van der Waals surface area contributed by atoms with E-state index >= 15 is 0 Å². The molecular formula is C14H13NO5S. The lowest BCUT2D eigenvalue weighted by Crippen LogP contribution is -2.14. The molecule has 0 saturated heterocycles. The summed E-state index contributed by atoms with van der Waals surface area (Å²) in [6.45, 7) is 0. The zero-order valence-electron chi connectivity index (χ0n) is 11.1. The van der Waals surface area contributed by atoms with Gasteiger partial charge in [-0.3, -0.25) is 4.72 Å². The molecule has 0 heterocycles. The first-order chi connectivity index (χ1) is 9.94. The molecule has 0 saturated carbocycles. The molecule has 2 rings (SSSR count). The van der Waals surface area contributed by atoms with E-state index in [1.165, 1.54) is 25.3 Å². The van der Waals surface area contributed by atoms with Crippen molar-refractivity contribution in [3.8, 4) is 5.75 Å². The van der Waals surface area contributed by atoms with E-state index in [9.17, 15) is 13.2 Å². The number of hydrogen-bond acceptors (Lipinski definition) is 4. The van der Waals surface area contributed by atoms with Gasteiger partial charge >= 0.3 is 5.97 Å². The molecule has 0 spiro atoms. The van der Waals surface area contributed by atoms with Gasteiger partial charge < -0.3 is 9.84 Å². The average Bonchev–Trinajstić information content (AvgIpc) is 2.47. The third kappa shape index (κ3) is 3.32. The minimum atomic E-state index is -3.87. The minimum absolute atomic E-state index is 0.0293. The Hall–Kier alpha value is -2.54. The summed E-state index contributed by atoms with van der Waals surface area (Å²) in [4.78, 5) is 10.8. The number of para-hydroxylation sites is 1. The van der Waals surface area contributed by atoms with E-state index in [0.29, 0.717) is 5.69 Å². The van der Waals surface area contributed by atoms with Crippen LogP contribution >= 0.6 is 0 Å². The zero-order valence-corrected chi connectivity index (χ0v) is 11.9. The quantitative estimate of drug-likeness (QED) is 0.883. The normalized spacial score (nSPS) is 10.9. The van der Waals surface area contributed by atoms with Crippen LogP contribution in [-0.2, 0) is 10.0 Å². The lowest BCUT2D eigenvalue weighted by molar-refractivity contribution is 0.0696. The van der Waals surface area contributed by atoms with Gasteiger partial charge in [0, 0.05) is 5.69 Å². The fourth-order valence-electron chi connectivity index (χ4n) is 1.74. The molecule has 0 aliphatic rings. The minimum Gasteiger partial charge on any atom is -0.495 e. The summed E-state index contributed by atoms with van der Waals surface area (Å²) < 4.78 is 32.0. The van der Waals surface area contributed by atoms with Crippen LogP contribution < -0.4 is 9.46 Å². The second kappa shape index (κ2) is 5.84. The highest BCUT2D eigenvalue weighted by atomic mass is 32.2. The summed E-state index contributed by atoms with van der Waals surface area (Å²) in [5, 5.41) is 8.91. The first-order valence-electron chi connectivity index (χ1n) is 5.93. The van der Waals surface area contributed by atoms with Gasteiger partial charge in [-0.2, -0.15) is 0 Å². The number of methoxy groups -OCH3 is 1. The monoisotopic (exact) mass is 307 g/mol. The largest absolute Gasteiger partial charge is 0.495 e. The number of nitrogens with one attached hydrogen (secondary N) is 1. The van der Waals surface area contributed by atoms with Crippen LogP contribution in [0.3, 0.4) is 0 Å². The molecule has 2 N–H and O–H groups in total. The summed E-state index contributed by atoms with van der Waals surface area (Å²) in [6.07, 6.45) is 0. The Balaban J connectivity index is 2.42. The number of anilines is 1. The van der Waals surface area contributed by atoms with Crippen LogP contribution in [0.25, 0.3) is 0 Å². The SMILES string of the molecule is COc1cc(C(=O)O)ccc1S(=O)(=O)Nc1ccccc1. The highest BCUT2D eigenvalue weighted by Gasteiger charge is 2.21. The number of carboxylic acids is 1. The molecule has 0 bridgehead atoms. The lowest BCUT2D eigenvalue weighted by atomic mass is 10.2. The fraction of sp³-hybridized carbons (Fsp3) is 0.0714. The van der Waals surface area contributed by atoms with Crippen molar-refractivity contribution in [1.82, 2.24) is 0 Å². The molecule has 0 aliphatic carbocycles. The number of aromatic carboxylic acids is 1. The lowest BCUT2D eigenvalue weighted by Gasteiger charge is -2.12. The van der Waals surface area contributed by atoms with Crippen molar-refractivity contribution in [2.45, 2.75) is 4.90 Å². The average molecular weight is 307 g/mol. The van der Waals surface area contributed by atoms with Crippen molar-refractivity contribution >= 4 is 21.7 Å². The standard InChI is InChI=1S/C14H13NO5S/c1-20-12-9-10(14(16)17)7-8-13(12)21(18,19)15-11-5-3-2-4-6-11/h2-9,15H,1H3,(H,16,17). The van der Waals surface area contributed by atoms with Crippen LogP contribution in [0.1, 0.15) is 10.4 Å². The number of carboxylic acid groups (broad SMARTS) is 1. The molecule has 0 fully saturated rings. The molecule has 0 atom stereocenters. The van der Waals surface area contributed by atoms with Crippen LogP contribution in [0, 0.1) is 0 Å². The van der Waals surface area contributed by atoms with Crippen LogP contribution in [0.4, 0.5) is 5.69 Å². The highest BCUT2D eigenvalue weighted by Crippen LogP contribution is 2.27. The molecule has 7 heteroatoms. The van der Waals surface area contributed by atoms with Gasteiger partial charge in [-0.25, -0.2) is 13.2 Å². The van der Waals surface area contributed by atoms with Gasteiger partial charge in [0.25, 0.3) is 10.0 Å². The fourth-order valence-corrected chi connectivity index (χ4v) is 2.95. The van der Waals surface area contributed by atoms with Crippen molar-refractivity contribution in [1.29, 1.82) is 0 Å². The Morgan fingerprint density at radius 2 is 1.81 bits per heavy atom. The molecule has 110 valence electrons.